The molecular weight excluding hydrogens is 236 g/mol. The summed E-state index contributed by atoms with van der Waals surface area (Å²) in [6.07, 6.45) is 3.92. The fourth-order valence-corrected chi connectivity index (χ4v) is 1.78. The summed E-state index contributed by atoms with van der Waals surface area (Å²) in [4.78, 5) is 8.18. The Bertz CT molecular complexity index is 392. The van der Waals surface area contributed by atoms with E-state index in [9.17, 15) is 8.78 Å². The highest BCUT2D eigenvalue weighted by Crippen LogP contribution is 2.23. The molecule has 1 aliphatic rings. The molecule has 0 aliphatic heterocycles. The molecule has 0 bridgehead atoms. The van der Waals surface area contributed by atoms with Crippen LogP contribution in [-0.2, 0) is 13.0 Å². The highest BCUT2D eigenvalue weighted by Gasteiger charge is 2.22. The predicted molar refractivity (Wildman–Crippen MR) is 65.5 cm³/mol. The molecule has 0 unspecified atom stereocenters. The third-order valence-electron chi connectivity index (χ3n) is 3.07. The van der Waals surface area contributed by atoms with Gasteiger partial charge in [-0.05, 0) is 19.3 Å². The number of alkyl halides is 2. The first kappa shape index (κ1) is 13.3. The lowest BCUT2D eigenvalue weighted by Gasteiger charge is -2.10. The number of halogens is 2. The molecule has 5 heteroatoms. The van der Waals surface area contributed by atoms with Crippen molar-refractivity contribution in [2.75, 3.05) is 0 Å². The van der Waals surface area contributed by atoms with Crippen LogP contribution in [-0.4, -0.2) is 16.0 Å². The lowest BCUT2D eigenvalue weighted by Crippen LogP contribution is -2.18. The van der Waals surface area contributed by atoms with Gasteiger partial charge >= 0.3 is 0 Å². The van der Waals surface area contributed by atoms with E-state index in [4.69, 9.17) is 0 Å². The van der Waals surface area contributed by atoms with Crippen molar-refractivity contribution in [3.63, 3.8) is 0 Å². The Labute approximate surface area is 106 Å². The molecule has 3 nitrogen and oxygen atoms in total. The van der Waals surface area contributed by atoms with Gasteiger partial charge in [0, 0.05) is 30.8 Å². The zero-order chi connectivity index (χ0) is 13.0. The smallest absolute Gasteiger partial charge is 0.280 e. The lowest BCUT2D eigenvalue weighted by molar-refractivity contribution is 0.144. The minimum absolute atomic E-state index is 0.107. The van der Waals surface area contributed by atoms with Gasteiger partial charge in [-0.3, -0.25) is 0 Å². The standard InChI is InChI=1S/C13H19F2N3/c1-2-3-4-11-17-8-9(7-16-10-5-6-10)12(18-11)13(14)15/h8,10,13,16H,2-7H2,1H3. The van der Waals surface area contributed by atoms with Gasteiger partial charge in [-0.1, -0.05) is 13.3 Å². The van der Waals surface area contributed by atoms with Crippen molar-refractivity contribution in [2.24, 2.45) is 0 Å². The maximum atomic E-state index is 13.0. The molecule has 0 amide bonds. The Kier molecular flexibility index (Phi) is 4.58. The minimum Gasteiger partial charge on any atom is -0.310 e. The van der Waals surface area contributed by atoms with Gasteiger partial charge in [-0.2, -0.15) is 0 Å². The molecule has 0 spiro atoms. The molecule has 1 aromatic heterocycles. The van der Waals surface area contributed by atoms with Crippen molar-refractivity contribution < 1.29 is 8.78 Å². The van der Waals surface area contributed by atoms with Crippen LogP contribution in [0.3, 0.4) is 0 Å². The summed E-state index contributed by atoms with van der Waals surface area (Å²) in [5, 5.41) is 3.22. The summed E-state index contributed by atoms with van der Waals surface area (Å²) in [6.45, 7) is 2.50. The maximum absolute atomic E-state index is 13.0. The van der Waals surface area contributed by atoms with Gasteiger partial charge < -0.3 is 5.32 Å². The van der Waals surface area contributed by atoms with Crippen LogP contribution in [0.2, 0.25) is 0 Å². The molecule has 0 radical (unpaired) electrons. The Morgan fingerprint density at radius 1 is 1.44 bits per heavy atom. The van der Waals surface area contributed by atoms with Crippen LogP contribution in [0.4, 0.5) is 8.78 Å². The van der Waals surface area contributed by atoms with Gasteiger partial charge in [-0.25, -0.2) is 18.7 Å². The summed E-state index contributed by atoms with van der Waals surface area (Å²) in [7, 11) is 0. The molecule has 18 heavy (non-hydrogen) atoms. The molecule has 1 fully saturated rings. The van der Waals surface area contributed by atoms with Gasteiger partial charge in [0.15, 0.2) is 0 Å². The lowest BCUT2D eigenvalue weighted by atomic mass is 10.2. The number of hydrogen-bond donors (Lipinski definition) is 1. The second-order valence-corrected chi connectivity index (χ2v) is 4.76. The van der Waals surface area contributed by atoms with Crippen LogP contribution >= 0.6 is 0 Å². The topological polar surface area (TPSA) is 37.8 Å². The minimum atomic E-state index is -2.52. The Morgan fingerprint density at radius 2 is 2.22 bits per heavy atom. The van der Waals surface area contributed by atoms with Crippen LogP contribution in [0.25, 0.3) is 0 Å². The van der Waals surface area contributed by atoms with E-state index in [0.717, 1.165) is 25.7 Å². The van der Waals surface area contributed by atoms with E-state index in [2.05, 4.69) is 22.2 Å². The Hall–Kier alpha value is -1.10. The van der Waals surface area contributed by atoms with Gasteiger partial charge in [0.1, 0.15) is 11.5 Å². The fraction of sp³-hybridized carbons (Fsp3) is 0.692. The van der Waals surface area contributed by atoms with Crippen molar-refractivity contribution in [3.8, 4) is 0 Å². The number of aromatic nitrogens is 2. The largest absolute Gasteiger partial charge is 0.310 e. The quantitative estimate of drug-likeness (QED) is 0.814. The Morgan fingerprint density at radius 3 is 2.83 bits per heavy atom. The van der Waals surface area contributed by atoms with Crippen LogP contribution < -0.4 is 5.32 Å². The summed E-state index contributed by atoms with van der Waals surface area (Å²) < 4.78 is 25.9. The highest BCUT2D eigenvalue weighted by atomic mass is 19.3. The van der Waals surface area contributed by atoms with Crippen LogP contribution in [0, 0.1) is 0 Å². The maximum Gasteiger partial charge on any atom is 0.280 e. The summed E-state index contributed by atoms with van der Waals surface area (Å²) in [5.74, 6) is 0.530. The highest BCUT2D eigenvalue weighted by molar-refractivity contribution is 5.19. The molecule has 100 valence electrons. The predicted octanol–water partition coefficient (Wildman–Crippen LogP) is 3.01. The Balaban J connectivity index is 2.06. The molecule has 0 saturated heterocycles. The zero-order valence-electron chi connectivity index (χ0n) is 10.6. The second-order valence-electron chi connectivity index (χ2n) is 4.76. The first-order valence-electron chi connectivity index (χ1n) is 6.57. The summed E-state index contributed by atoms with van der Waals surface area (Å²) in [5.41, 5.74) is 0.418. The molecule has 1 N–H and O–H groups in total. The van der Waals surface area contributed by atoms with Crippen LogP contribution in [0.15, 0.2) is 6.20 Å². The second kappa shape index (κ2) is 6.18. The van der Waals surface area contributed by atoms with E-state index in [-0.39, 0.29) is 5.69 Å². The van der Waals surface area contributed by atoms with Crippen LogP contribution in [0.1, 0.15) is 56.1 Å². The normalized spacial score (nSPS) is 15.3. The van der Waals surface area contributed by atoms with Crippen LogP contribution in [0.5, 0.6) is 0 Å². The number of rotatable bonds is 7. The third-order valence-corrected chi connectivity index (χ3v) is 3.07. The van der Waals surface area contributed by atoms with E-state index >= 15 is 0 Å². The number of unbranched alkanes of at least 4 members (excludes halogenated alkanes) is 1. The number of hydrogen-bond acceptors (Lipinski definition) is 3. The summed E-state index contributed by atoms with van der Waals surface area (Å²) in [6, 6.07) is 0.496. The van der Waals surface area contributed by atoms with E-state index in [1.807, 2.05) is 0 Å². The molecule has 0 aromatic carbocycles. The van der Waals surface area contributed by atoms with Gasteiger partial charge in [-0.15, -0.1) is 0 Å². The van der Waals surface area contributed by atoms with Crippen molar-refractivity contribution >= 4 is 0 Å². The first-order chi connectivity index (χ1) is 8.70. The van der Waals surface area contributed by atoms with E-state index in [1.54, 1.807) is 6.20 Å². The molecule has 2 rings (SSSR count). The number of nitrogens with zero attached hydrogens (tertiary/aromatic N) is 2. The molecule has 1 aliphatic carbocycles. The molecule has 1 aromatic rings. The van der Waals surface area contributed by atoms with Crippen molar-refractivity contribution in [1.29, 1.82) is 0 Å². The number of aryl methyl sites for hydroxylation is 1. The monoisotopic (exact) mass is 255 g/mol. The van der Waals surface area contributed by atoms with E-state index < -0.39 is 6.43 Å². The van der Waals surface area contributed by atoms with E-state index in [1.165, 1.54) is 0 Å². The average molecular weight is 255 g/mol. The summed E-state index contributed by atoms with van der Waals surface area (Å²) >= 11 is 0. The fourth-order valence-electron chi connectivity index (χ4n) is 1.78. The van der Waals surface area contributed by atoms with E-state index in [0.29, 0.717) is 30.4 Å². The van der Waals surface area contributed by atoms with Crippen molar-refractivity contribution in [2.45, 2.75) is 58.0 Å². The number of nitrogens with one attached hydrogen (secondary N) is 1. The first-order valence-corrected chi connectivity index (χ1v) is 6.57. The van der Waals surface area contributed by atoms with Gasteiger partial charge in [0.05, 0.1) is 0 Å². The molecule has 1 heterocycles. The molecule has 0 atom stereocenters. The van der Waals surface area contributed by atoms with Crippen molar-refractivity contribution in [1.82, 2.24) is 15.3 Å². The molecular formula is C13H19F2N3. The zero-order valence-corrected chi connectivity index (χ0v) is 10.6. The third kappa shape index (κ3) is 3.70. The SMILES string of the molecule is CCCCc1ncc(CNC2CC2)c(C(F)F)n1. The molecule has 1 saturated carbocycles. The van der Waals surface area contributed by atoms with Crippen molar-refractivity contribution in [3.05, 3.63) is 23.3 Å². The van der Waals surface area contributed by atoms with Gasteiger partial charge in [0.25, 0.3) is 6.43 Å². The van der Waals surface area contributed by atoms with Gasteiger partial charge in [0.2, 0.25) is 0 Å². The average Bonchev–Trinajstić information content (AvgIpc) is 3.18.